The van der Waals surface area contributed by atoms with E-state index in [1.165, 1.54) is 11.3 Å². The predicted molar refractivity (Wildman–Crippen MR) is 119 cm³/mol. The summed E-state index contributed by atoms with van der Waals surface area (Å²) in [6, 6.07) is 9.80. The number of methoxy groups -OCH3 is 1. The van der Waals surface area contributed by atoms with E-state index in [2.05, 4.69) is 20.6 Å². The first-order chi connectivity index (χ1) is 15.1. The average Bonchev–Trinajstić information content (AvgIpc) is 3.37. The zero-order chi connectivity index (χ0) is 21.4. The summed E-state index contributed by atoms with van der Waals surface area (Å²) in [7, 11) is 1.56. The summed E-state index contributed by atoms with van der Waals surface area (Å²) in [6.07, 6.45) is 4.00. The molecule has 0 saturated carbocycles. The highest BCUT2D eigenvalue weighted by Gasteiger charge is 2.41. The van der Waals surface area contributed by atoms with Gasteiger partial charge in [0.25, 0.3) is 0 Å². The Morgan fingerprint density at radius 1 is 1.26 bits per heavy atom. The number of carbonyl (C=O) groups excluding carboxylic acids is 2. The minimum absolute atomic E-state index is 0.00729. The third kappa shape index (κ3) is 3.69. The second kappa shape index (κ2) is 7.81. The fourth-order valence-corrected chi connectivity index (χ4v) is 5.36. The van der Waals surface area contributed by atoms with Crippen molar-refractivity contribution in [1.29, 1.82) is 0 Å². The van der Waals surface area contributed by atoms with Crippen LogP contribution in [0.3, 0.4) is 0 Å². The van der Waals surface area contributed by atoms with Crippen molar-refractivity contribution < 1.29 is 14.3 Å². The molecule has 0 unspecified atom stereocenters. The molecular formula is C22H23N5O3S. The Bertz CT molecular complexity index is 1140. The Kier molecular flexibility index (Phi) is 4.97. The van der Waals surface area contributed by atoms with Crippen molar-refractivity contribution in [2.75, 3.05) is 32.1 Å². The van der Waals surface area contributed by atoms with Gasteiger partial charge < -0.3 is 15.0 Å². The predicted octanol–water partition coefficient (Wildman–Crippen LogP) is 3.50. The van der Waals surface area contributed by atoms with Gasteiger partial charge in [-0.25, -0.2) is 14.8 Å². The second-order valence-electron chi connectivity index (χ2n) is 8.11. The number of nitrogens with zero attached hydrogens (tertiary/aromatic N) is 3. The van der Waals surface area contributed by atoms with Crippen LogP contribution >= 0.6 is 11.3 Å². The van der Waals surface area contributed by atoms with Crippen LogP contribution in [0.2, 0.25) is 0 Å². The first-order valence-corrected chi connectivity index (χ1v) is 11.1. The first kappa shape index (κ1) is 19.7. The summed E-state index contributed by atoms with van der Waals surface area (Å²) < 4.78 is 6.31. The number of urea groups is 1. The molecule has 160 valence electrons. The number of hydrogen-bond donors (Lipinski definition) is 2. The average molecular weight is 438 g/mol. The summed E-state index contributed by atoms with van der Waals surface area (Å²) in [5.74, 6) is 0.550. The molecule has 9 heteroatoms. The molecule has 1 spiro atoms. The van der Waals surface area contributed by atoms with E-state index in [0.29, 0.717) is 42.6 Å². The molecule has 31 heavy (non-hydrogen) atoms. The van der Waals surface area contributed by atoms with Gasteiger partial charge in [-0.05, 0) is 23.8 Å². The van der Waals surface area contributed by atoms with E-state index in [1.54, 1.807) is 18.2 Å². The molecule has 2 N–H and O–H groups in total. The number of likely N-dealkylation sites (tertiary alicyclic amines) is 1. The van der Waals surface area contributed by atoms with Crippen LogP contribution in [-0.2, 0) is 4.79 Å². The van der Waals surface area contributed by atoms with Gasteiger partial charge in [0.2, 0.25) is 11.8 Å². The molecule has 0 atom stereocenters. The molecule has 5 rings (SSSR count). The largest absolute Gasteiger partial charge is 0.479 e. The number of rotatable bonds is 3. The fourth-order valence-electron chi connectivity index (χ4n) is 4.38. The Morgan fingerprint density at radius 3 is 2.71 bits per heavy atom. The molecule has 3 amide bonds. The van der Waals surface area contributed by atoms with E-state index in [9.17, 15) is 9.59 Å². The SMILES string of the molecule is COc1ncc(-c2ccccc2)c2sc(NC(=O)N3CCC4(CC3)CNC(=O)C4)nc12. The van der Waals surface area contributed by atoms with Crippen molar-refractivity contribution >= 4 is 38.6 Å². The number of aromatic nitrogens is 2. The van der Waals surface area contributed by atoms with Gasteiger partial charge in [-0.15, -0.1) is 0 Å². The van der Waals surface area contributed by atoms with E-state index >= 15 is 0 Å². The molecule has 8 nitrogen and oxygen atoms in total. The molecule has 2 aliphatic rings. The van der Waals surface area contributed by atoms with Crippen molar-refractivity contribution in [3.63, 3.8) is 0 Å². The minimum atomic E-state index is -0.167. The summed E-state index contributed by atoms with van der Waals surface area (Å²) in [5, 5.41) is 6.39. The molecule has 2 saturated heterocycles. The fraction of sp³-hybridized carbons (Fsp3) is 0.364. The van der Waals surface area contributed by atoms with E-state index in [0.717, 1.165) is 28.7 Å². The smallest absolute Gasteiger partial charge is 0.323 e. The van der Waals surface area contributed by atoms with Gasteiger partial charge in [0.15, 0.2) is 5.13 Å². The lowest BCUT2D eigenvalue weighted by atomic mass is 9.78. The number of ether oxygens (including phenoxy) is 1. The van der Waals surface area contributed by atoms with Crippen molar-refractivity contribution in [3.8, 4) is 17.0 Å². The van der Waals surface area contributed by atoms with Crippen LogP contribution in [0.5, 0.6) is 5.88 Å². The topological polar surface area (TPSA) is 96.5 Å². The number of nitrogens with one attached hydrogen (secondary N) is 2. The standard InChI is InChI=1S/C22H23N5O3S/c1-30-19-17-18(15(12-23-19)14-5-3-2-4-6-14)31-20(25-17)26-21(29)27-9-7-22(8-10-27)11-16(28)24-13-22/h2-6,12H,7-11,13H2,1H3,(H,24,28)(H,25,26,29). The maximum Gasteiger partial charge on any atom is 0.323 e. The maximum atomic E-state index is 12.9. The van der Waals surface area contributed by atoms with Gasteiger partial charge in [0.05, 0.1) is 11.8 Å². The Hall–Kier alpha value is -3.20. The molecule has 0 radical (unpaired) electrons. The Balaban J connectivity index is 1.36. The summed E-state index contributed by atoms with van der Waals surface area (Å²) in [4.78, 5) is 35.3. The second-order valence-corrected chi connectivity index (χ2v) is 9.11. The van der Waals surface area contributed by atoms with E-state index in [-0.39, 0.29) is 17.4 Å². The van der Waals surface area contributed by atoms with E-state index < -0.39 is 0 Å². The third-order valence-corrected chi connectivity index (χ3v) is 7.19. The lowest BCUT2D eigenvalue weighted by Gasteiger charge is -2.37. The number of hydrogen-bond acceptors (Lipinski definition) is 6. The Morgan fingerprint density at radius 2 is 2.03 bits per heavy atom. The van der Waals surface area contributed by atoms with Gasteiger partial charge in [-0.1, -0.05) is 41.7 Å². The molecule has 3 aromatic rings. The van der Waals surface area contributed by atoms with Crippen LogP contribution in [0.4, 0.5) is 9.93 Å². The van der Waals surface area contributed by atoms with Crippen LogP contribution in [0.15, 0.2) is 36.5 Å². The number of thiazole rings is 1. The van der Waals surface area contributed by atoms with Gasteiger partial charge in [0.1, 0.15) is 5.52 Å². The number of amides is 3. The first-order valence-electron chi connectivity index (χ1n) is 10.3. The highest BCUT2D eigenvalue weighted by Crippen LogP contribution is 2.39. The van der Waals surface area contributed by atoms with Gasteiger partial charge in [-0.3, -0.25) is 10.1 Å². The summed E-state index contributed by atoms with van der Waals surface area (Å²) in [6.45, 7) is 1.98. The molecule has 2 aliphatic heterocycles. The van der Waals surface area contributed by atoms with Gasteiger partial charge in [0, 0.05) is 37.8 Å². The zero-order valence-electron chi connectivity index (χ0n) is 17.2. The van der Waals surface area contributed by atoms with Gasteiger partial charge >= 0.3 is 6.03 Å². The molecule has 2 aromatic heterocycles. The van der Waals surface area contributed by atoms with E-state index in [1.807, 2.05) is 30.3 Å². The van der Waals surface area contributed by atoms with Crippen LogP contribution in [0.25, 0.3) is 21.3 Å². The lowest BCUT2D eigenvalue weighted by molar-refractivity contribution is -0.119. The monoisotopic (exact) mass is 437 g/mol. The molecule has 2 fully saturated rings. The maximum absolute atomic E-state index is 12.9. The summed E-state index contributed by atoms with van der Waals surface area (Å²) >= 11 is 1.42. The number of benzene rings is 1. The van der Waals surface area contributed by atoms with Gasteiger partial charge in [-0.2, -0.15) is 0 Å². The molecule has 4 heterocycles. The Labute approximate surface area is 183 Å². The van der Waals surface area contributed by atoms with Crippen LogP contribution in [0, 0.1) is 5.41 Å². The number of carbonyl (C=O) groups is 2. The van der Waals surface area contributed by atoms with Crippen molar-refractivity contribution in [3.05, 3.63) is 36.5 Å². The zero-order valence-corrected chi connectivity index (χ0v) is 18.0. The number of fused-ring (bicyclic) bond motifs is 1. The third-order valence-electron chi connectivity index (χ3n) is 6.18. The quantitative estimate of drug-likeness (QED) is 0.654. The normalized spacial score (nSPS) is 17.7. The molecule has 1 aromatic carbocycles. The highest BCUT2D eigenvalue weighted by molar-refractivity contribution is 7.23. The number of pyridine rings is 1. The van der Waals surface area contributed by atoms with E-state index in [4.69, 9.17) is 4.74 Å². The summed E-state index contributed by atoms with van der Waals surface area (Å²) in [5.41, 5.74) is 2.63. The molecular weight excluding hydrogens is 414 g/mol. The number of anilines is 1. The molecule has 0 bridgehead atoms. The van der Waals surface area contributed by atoms with Crippen LogP contribution in [0.1, 0.15) is 19.3 Å². The highest BCUT2D eigenvalue weighted by atomic mass is 32.1. The molecule has 0 aliphatic carbocycles. The van der Waals surface area contributed by atoms with Crippen molar-refractivity contribution in [2.45, 2.75) is 19.3 Å². The minimum Gasteiger partial charge on any atom is -0.479 e. The van der Waals surface area contributed by atoms with Crippen LogP contribution in [-0.4, -0.2) is 53.6 Å². The van der Waals surface area contributed by atoms with Crippen molar-refractivity contribution in [2.24, 2.45) is 5.41 Å². The van der Waals surface area contributed by atoms with Crippen molar-refractivity contribution in [1.82, 2.24) is 20.2 Å². The number of piperidine rings is 1. The lowest BCUT2D eigenvalue weighted by Crippen LogP contribution is -2.45. The van der Waals surface area contributed by atoms with Crippen LogP contribution < -0.4 is 15.4 Å².